The van der Waals surface area contributed by atoms with Crippen LogP contribution in [0.2, 0.25) is 0 Å². The lowest BCUT2D eigenvalue weighted by Crippen LogP contribution is -2.48. The molecule has 1 aliphatic heterocycles. The lowest BCUT2D eigenvalue weighted by molar-refractivity contribution is -0.129. The fourth-order valence-electron chi connectivity index (χ4n) is 3.14. The predicted molar refractivity (Wildman–Crippen MR) is 95.9 cm³/mol. The zero-order valence-corrected chi connectivity index (χ0v) is 14.3. The molecule has 5 heteroatoms. The fourth-order valence-corrected chi connectivity index (χ4v) is 3.14. The summed E-state index contributed by atoms with van der Waals surface area (Å²) in [6.45, 7) is 6.84. The number of aromatic nitrogens is 1. The van der Waals surface area contributed by atoms with Gasteiger partial charge in [0.15, 0.2) is 0 Å². The minimum absolute atomic E-state index is 0.142. The molecule has 1 fully saturated rings. The summed E-state index contributed by atoms with van der Waals surface area (Å²) in [4.78, 5) is 20.2. The molecular weight excluding hydrogens is 300 g/mol. The number of hydrogen-bond donors (Lipinski definition) is 1. The van der Waals surface area contributed by atoms with E-state index in [4.69, 9.17) is 5.73 Å². The van der Waals surface area contributed by atoms with Crippen LogP contribution in [0.1, 0.15) is 29.7 Å². The molecule has 5 nitrogen and oxygen atoms in total. The second-order valence-electron chi connectivity index (χ2n) is 6.28. The third-order valence-corrected chi connectivity index (χ3v) is 4.68. The highest BCUT2D eigenvalue weighted by Crippen LogP contribution is 2.25. The van der Waals surface area contributed by atoms with Crippen LogP contribution in [0.5, 0.6) is 0 Å². The van der Waals surface area contributed by atoms with Crippen LogP contribution in [0.3, 0.4) is 0 Å². The maximum atomic E-state index is 11.4. The summed E-state index contributed by atoms with van der Waals surface area (Å²) in [5, 5.41) is 0. The normalized spacial score (nSPS) is 16.1. The molecule has 1 atom stereocenters. The first-order valence-electron chi connectivity index (χ1n) is 8.34. The van der Waals surface area contributed by atoms with E-state index in [9.17, 15) is 4.79 Å². The average Bonchev–Trinajstić information content (AvgIpc) is 2.62. The van der Waals surface area contributed by atoms with Crippen LogP contribution in [0.4, 0.5) is 5.82 Å². The molecule has 1 amide bonds. The first-order chi connectivity index (χ1) is 11.6. The molecule has 1 aromatic heterocycles. The Morgan fingerprint density at radius 1 is 1.17 bits per heavy atom. The SMILES string of the molecule is CC(=O)N1CCN(c2cc(C)c([C@@H](N)c3ccccc3)cn2)CC1. The largest absolute Gasteiger partial charge is 0.353 e. The highest BCUT2D eigenvalue weighted by atomic mass is 16.2. The summed E-state index contributed by atoms with van der Waals surface area (Å²) in [7, 11) is 0. The molecule has 0 unspecified atom stereocenters. The smallest absolute Gasteiger partial charge is 0.219 e. The number of anilines is 1. The molecule has 3 rings (SSSR count). The molecule has 2 aromatic rings. The van der Waals surface area contributed by atoms with Crippen molar-refractivity contribution in [2.45, 2.75) is 19.9 Å². The molecular formula is C19H24N4O. The number of hydrogen-bond acceptors (Lipinski definition) is 4. The Hall–Kier alpha value is -2.40. The van der Waals surface area contributed by atoms with E-state index in [-0.39, 0.29) is 11.9 Å². The molecule has 126 valence electrons. The van der Waals surface area contributed by atoms with Gasteiger partial charge in [-0.05, 0) is 29.7 Å². The number of aryl methyl sites for hydroxylation is 1. The minimum atomic E-state index is -0.165. The van der Waals surface area contributed by atoms with E-state index in [1.807, 2.05) is 41.4 Å². The molecule has 2 N–H and O–H groups in total. The van der Waals surface area contributed by atoms with Gasteiger partial charge in [0.1, 0.15) is 5.82 Å². The number of rotatable bonds is 3. The monoisotopic (exact) mass is 324 g/mol. The number of benzene rings is 1. The Labute approximate surface area is 143 Å². The van der Waals surface area contributed by atoms with Crippen LogP contribution in [0, 0.1) is 6.92 Å². The molecule has 0 spiro atoms. The number of carbonyl (C=O) groups excluding carboxylic acids is 1. The Bertz CT molecular complexity index is 709. The van der Waals surface area contributed by atoms with E-state index in [2.05, 4.69) is 22.9 Å². The fraction of sp³-hybridized carbons (Fsp3) is 0.368. The molecule has 0 radical (unpaired) electrons. The van der Waals surface area contributed by atoms with E-state index in [1.54, 1.807) is 6.92 Å². The summed E-state index contributed by atoms with van der Waals surface area (Å²) in [5.41, 5.74) is 9.68. The second-order valence-corrected chi connectivity index (χ2v) is 6.28. The van der Waals surface area contributed by atoms with Gasteiger partial charge in [-0.3, -0.25) is 4.79 Å². The number of nitrogens with zero attached hydrogens (tertiary/aromatic N) is 3. The van der Waals surface area contributed by atoms with Gasteiger partial charge in [-0.15, -0.1) is 0 Å². The van der Waals surface area contributed by atoms with Crippen molar-refractivity contribution in [3.05, 3.63) is 59.3 Å². The van der Waals surface area contributed by atoms with E-state index >= 15 is 0 Å². The van der Waals surface area contributed by atoms with Crippen molar-refractivity contribution in [1.29, 1.82) is 0 Å². The number of pyridine rings is 1. The molecule has 0 saturated carbocycles. The van der Waals surface area contributed by atoms with Gasteiger partial charge in [0.05, 0.1) is 6.04 Å². The first-order valence-corrected chi connectivity index (χ1v) is 8.34. The van der Waals surface area contributed by atoms with Crippen LogP contribution in [-0.4, -0.2) is 42.0 Å². The zero-order valence-electron chi connectivity index (χ0n) is 14.3. The van der Waals surface area contributed by atoms with Gasteiger partial charge in [-0.1, -0.05) is 30.3 Å². The lowest BCUT2D eigenvalue weighted by atomic mass is 9.97. The quantitative estimate of drug-likeness (QED) is 0.939. The van der Waals surface area contributed by atoms with Gasteiger partial charge in [0.2, 0.25) is 5.91 Å². The summed E-state index contributed by atoms with van der Waals surface area (Å²) >= 11 is 0. The van der Waals surface area contributed by atoms with Crippen molar-refractivity contribution in [1.82, 2.24) is 9.88 Å². The van der Waals surface area contributed by atoms with E-state index in [0.29, 0.717) is 0 Å². The Kier molecular flexibility index (Phi) is 4.81. The number of carbonyl (C=O) groups is 1. The molecule has 1 saturated heterocycles. The average molecular weight is 324 g/mol. The summed E-state index contributed by atoms with van der Waals surface area (Å²) in [6.07, 6.45) is 1.89. The topological polar surface area (TPSA) is 62.5 Å². The highest BCUT2D eigenvalue weighted by Gasteiger charge is 2.20. The Balaban J connectivity index is 1.75. The first kappa shape index (κ1) is 16.5. The maximum absolute atomic E-state index is 11.4. The van der Waals surface area contributed by atoms with Crippen LogP contribution < -0.4 is 10.6 Å². The number of amides is 1. The predicted octanol–water partition coefficient (Wildman–Crippen LogP) is 2.11. The van der Waals surface area contributed by atoms with Gasteiger partial charge in [-0.25, -0.2) is 4.98 Å². The van der Waals surface area contributed by atoms with Crippen LogP contribution >= 0.6 is 0 Å². The standard InChI is InChI=1S/C19H24N4O/c1-14-12-18(23-10-8-22(9-11-23)15(2)24)21-13-17(14)19(20)16-6-4-3-5-7-16/h3-7,12-13,19H,8-11,20H2,1-2H3/t19-/m0/s1. The third kappa shape index (κ3) is 3.41. The van der Waals surface area contributed by atoms with Crippen LogP contribution in [0.15, 0.2) is 42.6 Å². The third-order valence-electron chi connectivity index (χ3n) is 4.68. The Morgan fingerprint density at radius 3 is 2.42 bits per heavy atom. The van der Waals surface area contributed by atoms with Crippen molar-refractivity contribution in [2.24, 2.45) is 5.73 Å². The molecule has 0 aliphatic carbocycles. The number of piperazine rings is 1. The highest BCUT2D eigenvalue weighted by molar-refractivity contribution is 5.73. The van der Waals surface area contributed by atoms with E-state index in [1.165, 1.54) is 0 Å². The zero-order chi connectivity index (χ0) is 17.1. The molecule has 1 aliphatic rings. The van der Waals surface area contributed by atoms with Gasteiger partial charge in [0, 0.05) is 39.3 Å². The van der Waals surface area contributed by atoms with E-state index < -0.39 is 0 Å². The summed E-state index contributed by atoms with van der Waals surface area (Å²) < 4.78 is 0. The van der Waals surface area contributed by atoms with Gasteiger partial charge >= 0.3 is 0 Å². The van der Waals surface area contributed by atoms with Crippen molar-refractivity contribution >= 4 is 11.7 Å². The minimum Gasteiger partial charge on any atom is -0.353 e. The van der Waals surface area contributed by atoms with Gasteiger partial charge in [0.25, 0.3) is 0 Å². The van der Waals surface area contributed by atoms with E-state index in [0.717, 1.165) is 48.7 Å². The van der Waals surface area contributed by atoms with Crippen molar-refractivity contribution in [3.8, 4) is 0 Å². The van der Waals surface area contributed by atoms with Crippen LogP contribution in [0.25, 0.3) is 0 Å². The Morgan fingerprint density at radius 2 is 1.83 bits per heavy atom. The molecule has 1 aromatic carbocycles. The van der Waals surface area contributed by atoms with Crippen LogP contribution in [-0.2, 0) is 4.79 Å². The maximum Gasteiger partial charge on any atom is 0.219 e. The number of nitrogens with two attached hydrogens (primary N) is 1. The van der Waals surface area contributed by atoms with Gasteiger partial charge < -0.3 is 15.5 Å². The van der Waals surface area contributed by atoms with Crippen molar-refractivity contribution in [3.63, 3.8) is 0 Å². The van der Waals surface area contributed by atoms with Crippen molar-refractivity contribution < 1.29 is 4.79 Å². The molecule has 0 bridgehead atoms. The van der Waals surface area contributed by atoms with Gasteiger partial charge in [-0.2, -0.15) is 0 Å². The van der Waals surface area contributed by atoms with Crippen molar-refractivity contribution in [2.75, 3.05) is 31.1 Å². The summed E-state index contributed by atoms with van der Waals surface area (Å²) in [6, 6.07) is 12.0. The summed E-state index contributed by atoms with van der Waals surface area (Å²) in [5.74, 6) is 1.10. The molecule has 24 heavy (non-hydrogen) atoms. The second kappa shape index (κ2) is 7.01. The molecule has 2 heterocycles. The lowest BCUT2D eigenvalue weighted by Gasteiger charge is -2.35.